The average Bonchev–Trinajstić information content (AvgIpc) is 3.05. The van der Waals surface area contributed by atoms with Gasteiger partial charge in [-0.15, -0.1) is 0 Å². The third-order valence-corrected chi connectivity index (χ3v) is 13.0. The van der Waals surface area contributed by atoms with Gasteiger partial charge in [0.2, 0.25) is 5.91 Å². The summed E-state index contributed by atoms with van der Waals surface area (Å²) in [6.07, 6.45) is 2.34. The van der Waals surface area contributed by atoms with Crippen molar-refractivity contribution in [1.82, 2.24) is 4.90 Å². The number of piperidine rings is 4. The molecule has 1 saturated carbocycles. The van der Waals surface area contributed by atoms with Gasteiger partial charge in [0.15, 0.2) is 0 Å². The van der Waals surface area contributed by atoms with Gasteiger partial charge in [0.1, 0.15) is 0 Å². The molecule has 1 atom stereocenters. The van der Waals surface area contributed by atoms with Crippen LogP contribution in [-0.4, -0.2) is 54.6 Å². The Kier molecular flexibility index (Phi) is 9.69. The molecule has 0 aromatic heterocycles. The lowest BCUT2D eigenvalue weighted by atomic mass is 9.59. The van der Waals surface area contributed by atoms with Crippen molar-refractivity contribution < 1.29 is 35.6 Å². The predicted octanol–water partition coefficient (Wildman–Crippen LogP) is 10.1. The molecule has 0 spiro atoms. The third kappa shape index (κ3) is 7.33. The topological polar surface area (TPSA) is 20.3 Å². The van der Waals surface area contributed by atoms with Gasteiger partial charge in [-0.1, -0.05) is 48.5 Å². The minimum Gasteiger partial charge on any atom is -0.342 e. The van der Waals surface area contributed by atoms with Gasteiger partial charge in [-0.3, -0.25) is 4.79 Å². The van der Waals surface area contributed by atoms with Crippen molar-refractivity contribution >= 4 is 29.1 Å². The van der Waals surface area contributed by atoms with E-state index in [0.29, 0.717) is 47.1 Å². The molecular weight excluding hydrogens is 661 g/mol. The standard InChI is InChI=1S/C36H43Cl2F6N2O/c37-30-8-7-27(23-31(30)38)34(13-18-46-15-10-33(11-16-46,12-17-46)26-5-2-1-3-6-26)9-4-14-45(24-34)32(47)21-25-19-28(35(39,40)41)22-29(20-25)36(42,43)44/h7-8,19-20,22-23,26H,1-6,9-18,21,24H2/q+1. The predicted molar refractivity (Wildman–Crippen MR) is 171 cm³/mol. The Hall–Kier alpha value is -1.97. The van der Waals surface area contributed by atoms with Crippen LogP contribution >= 0.6 is 23.2 Å². The van der Waals surface area contributed by atoms with E-state index >= 15 is 0 Å². The van der Waals surface area contributed by atoms with Gasteiger partial charge in [0, 0.05) is 44.2 Å². The minimum absolute atomic E-state index is 0.0948. The fraction of sp³-hybridized carbons (Fsp3) is 0.639. The number of fused-ring (bicyclic) bond motifs is 3. The summed E-state index contributed by atoms with van der Waals surface area (Å²) in [6.45, 7) is 5.14. The Morgan fingerprint density at radius 2 is 1.43 bits per heavy atom. The van der Waals surface area contributed by atoms with Crippen LogP contribution in [0.2, 0.25) is 10.0 Å². The molecule has 7 rings (SSSR count). The Labute approximate surface area is 283 Å². The van der Waals surface area contributed by atoms with Gasteiger partial charge in [-0.25, -0.2) is 0 Å². The van der Waals surface area contributed by atoms with Crippen molar-refractivity contribution in [2.24, 2.45) is 11.3 Å². The molecule has 4 heterocycles. The van der Waals surface area contributed by atoms with Gasteiger partial charge in [-0.05, 0) is 78.5 Å². The first kappa shape index (κ1) is 34.9. The van der Waals surface area contributed by atoms with Crippen molar-refractivity contribution in [1.29, 1.82) is 0 Å². The Morgan fingerprint density at radius 1 is 0.809 bits per heavy atom. The first-order chi connectivity index (χ1) is 22.1. The lowest BCUT2D eigenvalue weighted by molar-refractivity contribution is -0.946. The van der Waals surface area contributed by atoms with E-state index in [2.05, 4.69) is 0 Å². The molecule has 2 bridgehead atoms. The molecule has 1 amide bonds. The quantitative estimate of drug-likeness (QED) is 0.208. The van der Waals surface area contributed by atoms with Gasteiger partial charge in [0.25, 0.3) is 0 Å². The molecule has 4 saturated heterocycles. The van der Waals surface area contributed by atoms with E-state index in [0.717, 1.165) is 55.0 Å². The van der Waals surface area contributed by atoms with Crippen molar-refractivity contribution in [2.45, 2.75) is 94.8 Å². The van der Waals surface area contributed by atoms with Gasteiger partial charge in [0.05, 0.1) is 53.8 Å². The van der Waals surface area contributed by atoms with E-state index in [1.807, 2.05) is 12.1 Å². The number of halogens is 8. The van der Waals surface area contributed by atoms with E-state index in [-0.39, 0.29) is 11.6 Å². The second-order valence-electron chi connectivity index (χ2n) is 14.9. The van der Waals surface area contributed by atoms with Crippen molar-refractivity contribution in [3.63, 3.8) is 0 Å². The summed E-state index contributed by atoms with van der Waals surface area (Å²) in [6, 6.07) is 6.97. The highest BCUT2D eigenvalue weighted by Crippen LogP contribution is 2.54. The highest BCUT2D eigenvalue weighted by Gasteiger charge is 2.53. The van der Waals surface area contributed by atoms with Gasteiger partial charge >= 0.3 is 12.4 Å². The smallest absolute Gasteiger partial charge is 0.342 e. The van der Waals surface area contributed by atoms with E-state index in [4.69, 9.17) is 23.2 Å². The highest BCUT2D eigenvalue weighted by molar-refractivity contribution is 6.42. The van der Waals surface area contributed by atoms with E-state index in [1.165, 1.54) is 51.4 Å². The number of rotatable bonds is 7. The summed E-state index contributed by atoms with van der Waals surface area (Å²) in [5, 5.41) is 0.836. The zero-order valence-corrected chi connectivity index (χ0v) is 28.1. The Morgan fingerprint density at radius 3 is 2.00 bits per heavy atom. The second kappa shape index (κ2) is 13.1. The number of likely N-dealkylation sites (tertiary alicyclic amines) is 1. The molecule has 2 aromatic carbocycles. The summed E-state index contributed by atoms with van der Waals surface area (Å²) in [4.78, 5) is 15.3. The van der Waals surface area contributed by atoms with Crippen LogP contribution in [-0.2, 0) is 29.0 Å². The highest BCUT2D eigenvalue weighted by atomic mass is 35.5. The molecule has 258 valence electrons. The molecule has 0 radical (unpaired) electrons. The summed E-state index contributed by atoms with van der Waals surface area (Å²) < 4.78 is 82.1. The zero-order valence-electron chi connectivity index (χ0n) is 26.6. The van der Waals surface area contributed by atoms with Crippen molar-refractivity contribution in [2.75, 3.05) is 39.3 Å². The maximum Gasteiger partial charge on any atom is 0.416 e. The molecule has 47 heavy (non-hydrogen) atoms. The van der Waals surface area contributed by atoms with E-state index in [1.54, 1.807) is 11.0 Å². The average molecular weight is 705 g/mol. The van der Waals surface area contributed by atoms with Gasteiger partial charge in [-0.2, -0.15) is 26.3 Å². The number of alkyl halides is 6. The van der Waals surface area contributed by atoms with Crippen molar-refractivity contribution in [3.05, 3.63) is 68.7 Å². The lowest BCUT2D eigenvalue weighted by Crippen LogP contribution is -2.64. The van der Waals surface area contributed by atoms with Crippen LogP contribution in [0.4, 0.5) is 26.3 Å². The molecule has 1 unspecified atom stereocenters. The first-order valence-corrected chi connectivity index (χ1v) is 17.7. The molecule has 4 aliphatic heterocycles. The summed E-state index contributed by atoms with van der Waals surface area (Å²) in [5.74, 6) is 0.366. The molecule has 1 aliphatic carbocycles. The molecule has 5 fully saturated rings. The molecule has 5 aliphatic rings. The van der Waals surface area contributed by atoms with Crippen LogP contribution in [0.15, 0.2) is 36.4 Å². The largest absolute Gasteiger partial charge is 0.416 e. The number of carbonyl (C=O) groups is 1. The number of carbonyl (C=O) groups excluding carboxylic acids is 1. The maximum atomic E-state index is 13.7. The number of hydrogen-bond acceptors (Lipinski definition) is 1. The third-order valence-electron chi connectivity index (χ3n) is 12.3. The van der Waals surface area contributed by atoms with Crippen LogP contribution < -0.4 is 0 Å². The monoisotopic (exact) mass is 703 g/mol. The maximum absolute atomic E-state index is 13.7. The van der Waals surface area contributed by atoms with Crippen molar-refractivity contribution in [3.8, 4) is 0 Å². The van der Waals surface area contributed by atoms with Crippen LogP contribution in [0.25, 0.3) is 0 Å². The van der Waals surface area contributed by atoms with E-state index in [9.17, 15) is 31.1 Å². The molecule has 11 heteroatoms. The number of amides is 1. The molecule has 0 N–H and O–H groups in total. The molecule has 3 nitrogen and oxygen atoms in total. The van der Waals surface area contributed by atoms with Crippen LogP contribution in [0.5, 0.6) is 0 Å². The molecular formula is C36H43Cl2F6N2O+. The first-order valence-electron chi connectivity index (χ1n) is 17.0. The minimum atomic E-state index is -4.97. The number of hydrogen-bond donors (Lipinski definition) is 0. The summed E-state index contributed by atoms with van der Waals surface area (Å²) >= 11 is 12.8. The van der Waals surface area contributed by atoms with Crippen LogP contribution in [0.3, 0.4) is 0 Å². The number of nitrogens with zero attached hydrogens (tertiary/aromatic N) is 2. The Bertz CT molecular complexity index is 1410. The number of benzene rings is 2. The van der Waals surface area contributed by atoms with Crippen LogP contribution in [0, 0.1) is 11.3 Å². The zero-order chi connectivity index (χ0) is 33.7. The SMILES string of the molecule is O=C(Cc1cc(C(F)(F)F)cc(C(F)(F)F)c1)N1CCCC(CC[N+]23CCC(C4CCCCC4)(CC2)CC3)(c2ccc(Cl)c(Cl)c2)C1. The Balaban J connectivity index is 1.22. The van der Waals surface area contributed by atoms with E-state index < -0.39 is 41.2 Å². The fourth-order valence-electron chi connectivity index (χ4n) is 9.37. The second-order valence-corrected chi connectivity index (χ2v) is 15.7. The fourth-order valence-corrected chi connectivity index (χ4v) is 9.66. The van der Waals surface area contributed by atoms with Gasteiger partial charge < -0.3 is 9.38 Å². The van der Waals surface area contributed by atoms with Crippen LogP contribution in [0.1, 0.15) is 92.9 Å². The lowest BCUT2D eigenvalue weighted by Gasteiger charge is -2.58. The summed E-state index contributed by atoms with van der Waals surface area (Å²) in [5.41, 5.74) is -2.14. The number of quaternary nitrogens is 1. The normalized spacial score (nSPS) is 28.9. The summed E-state index contributed by atoms with van der Waals surface area (Å²) in [7, 11) is 0. The molecule has 2 aromatic rings.